The first-order chi connectivity index (χ1) is 12.4. The fourth-order valence-electron chi connectivity index (χ4n) is 4.48. The molecule has 8 heteroatoms. The van der Waals surface area contributed by atoms with Gasteiger partial charge >= 0.3 is 6.18 Å². The molecule has 6 rings (SSSR count). The molecule has 5 heterocycles. The molecule has 0 saturated carbocycles. The smallest absolute Gasteiger partial charge is 0.386 e. The number of hydrogen-bond donors (Lipinski definition) is 1. The SMILES string of the molecule is FC(F)(F)c1csc2cc(NC3=NO[C@@]4(C3)CN3CCC4CC3)ccc12. The molecule has 3 fully saturated rings. The number of fused-ring (bicyclic) bond motifs is 3. The number of alkyl halides is 3. The van der Waals surface area contributed by atoms with Gasteiger partial charge in [-0.05, 0) is 38.1 Å². The normalized spacial score (nSPS) is 30.7. The lowest BCUT2D eigenvalue weighted by Crippen LogP contribution is -2.59. The Morgan fingerprint density at radius 3 is 2.77 bits per heavy atom. The van der Waals surface area contributed by atoms with Gasteiger partial charge in [0.1, 0.15) is 0 Å². The van der Waals surface area contributed by atoms with Crippen molar-refractivity contribution < 1.29 is 18.0 Å². The van der Waals surface area contributed by atoms with E-state index in [1.54, 1.807) is 12.1 Å². The van der Waals surface area contributed by atoms with E-state index >= 15 is 0 Å². The van der Waals surface area contributed by atoms with Crippen LogP contribution in [-0.4, -0.2) is 36.0 Å². The van der Waals surface area contributed by atoms with E-state index in [4.69, 9.17) is 4.84 Å². The third-order valence-corrected chi connectivity index (χ3v) is 6.74. The number of rotatable bonds is 1. The number of nitrogens with one attached hydrogen (secondary N) is 1. The zero-order chi connectivity index (χ0) is 17.9. The molecule has 0 aliphatic carbocycles. The third kappa shape index (κ3) is 2.58. The summed E-state index contributed by atoms with van der Waals surface area (Å²) < 4.78 is 39.6. The molecule has 4 aliphatic heterocycles. The summed E-state index contributed by atoms with van der Waals surface area (Å²) in [5, 5.41) is 8.91. The first-order valence-corrected chi connectivity index (χ1v) is 9.64. The molecule has 1 aromatic heterocycles. The van der Waals surface area contributed by atoms with Crippen LogP contribution >= 0.6 is 11.3 Å². The number of thiophene rings is 1. The summed E-state index contributed by atoms with van der Waals surface area (Å²) in [5.41, 5.74) is -0.0550. The Morgan fingerprint density at radius 1 is 1.27 bits per heavy atom. The highest BCUT2D eigenvalue weighted by Crippen LogP contribution is 2.44. The average Bonchev–Trinajstić information content (AvgIpc) is 3.20. The summed E-state index contributed by atoms with van der Waals surface area (Å²) >= 11 is 1.11. The molecular formula is C18H18F3N3OS. The molecule has 4 nitrogen and oxygen atoms in total. The number of anilines is 1. The maximum atomic E-state index is 13.0. The first kappa shape index (κ1) is 16.4. The molecule has 0 unspecified atom stereocenters. The van der Waals surface area contributed by atoms with Crippen molar-refractivity contribution in [3.05, 3.63) is 29.1 Å². The molecule has 0 amide bonds. The largest absolute Gasteiger partial charge is 0.417 e. The van der Waals surface area contributed by atoms with E-state index in [0.29, 0.717) is 10.6 Å². The fourth-order valence-corrected chi connectivity index (χ4v) is 5.49. The van der Waals surface area contributed by atoms with E-state index in [-0.39, 0.29) is 11.0 Å². The Kier molecular flexibility index (Phi) is 3.53. The van der Waals surface area contributed by atoms with Gasteiger partial charge in [-0.15, -0.1) is 11.3 Å². The Hall–Kier alpha value is -1.80. The van der Waals surface area contributed by atoms with E-state index in [9.17, 15) is 13.2 Å². The summed E-state index contributed by atoms with van der Waals surface area (Å²) in [7, 11) is 0. The minimum Gasteiger partial charge on any atom is -0.386 e. The van der Waals surface area contributed by atoms with Crippen molar-refractivity contribution in [1.29, 1.82) is 0 Å². The Labute approximate surface area is 152 Å². The van der Waals surface area contributed by atoms with Crippen LogP contribution in [-0.2, 0) is 11.0 Å². The molecule has 2 bridgehead atoms. The van der Waals surface area contributed by atoms with Crippen LogP contribution in [0.3, 0.4) is 0 Å². The predicted molar refractivity (Wildman–Crippen MR) is 95.5 cm³/mol. The van der Waals surface area contributed by atoms with E-state index in [2.05, 4.69) is 15.4 Å². The van der Waals surface area contributed by atoms with Crippen LogP contribution < -0.4 is 5.32 Å². The summed E-state index contributed by atoms with van der Waals surface area (Å²) in [4.78, 5) is 8.30. The molecule has 4 aliphatic rings. The highest BCUT2D eigenvalue weighted by molar-refractivity contribution is 7.17. The third-order valence-electron chi connectivity index (χ3n) is 5.80. The maximum Gasteiger partial charge on any atom is 0.417 e. The summed E-state index contributed by atoms with van der Waals surface area (Å²) in [6.07, 6.45) is -1.31. The van der Waals surface area contributed by atoms with Crippen molar-refractivity contribution in [2.45, 2.75) is 31.0 Å². The van der Waals surface area contributed by atoms with E-state index in [0.717, 1.165) is 61.8 Å². The number of benzene rings is 1. The topological polar surface area (TPSA) is 36.9 Å². The lowest BCUT2D eigenvalue weighted by atomic mass is 9.73. The van der Waals surface area contributed by atoms with E-state index in [1.807, 2.05) is 0 Å². The Bertz CT molecular complexity index is 885. The highest BCUT2D eigenvalue weighted by atomic mass is 32.1. The van der Waals surface area contributed by atoms with Crippen LogP contribution in [0.25, 0.3) is 10.1 Å². The van der Waals surface area contributed by atoms with Crippen LogP contribution in [0.2, 0.25) is 0 Å². The number of halogens is 3. The quantitative estimate of drug-likeness (QED) is 0.789. The second-order valence-corrected chi connectivity index (χ2v) is 8.32. The summed E-state index contributed by atoms with van der Waals surface area (Å²) in [6, 6.07) is 4.95. The van der Waals surface area contributed by atoms with Gasteiger partial charge in [-0.3, -0.25) is 4.90 Å². The maximum absolute atomic E-state index is 13.0. The van der Waals surface area contributed by atoms with Crippen molar-refractivity contribution in [1.82, 2.24) is 4.90 Å². The predicted octanol–water partition coefficient (Wildman–Crippen LogP) is 4.53. The number of amidine groups is 1. The second kappa shape index (κ2) is 5.60. The van der Waals surface area contributed by atoms with Crippen molar-refractivity contribution in [3.8, 4) is 0 Å². The zero-order valence-electron chi connectivity index (χ0n) is 14.0. The van der Waals surface area contributed by atoms with Gasteiger partial charge in [0.15, 0.2) is 11.4 Å². The molecule has 26 heavy (non-hydrogen) atoms. The van der Waals surface area contributed by atoms with Crippen molar-refractivity contribution in [2.75, 3.05) is 25.0 Å². The van der Waals surface area contributed by atoms with Crippen molar-refractivity contribution in [3.63, 3.8) is 0 Å². The van der Waals surface area contributed by atoms with Crippen LogP contribution in [0, 0.1) is 5.92 Å². The molecule has 0 radical (unpaired) electrons. The van der Waals surface area contributed by atoms with E-state index in [1.165, 1.54) is 11.4 Å². The molecular weight excluding hydrogens is 363 g/mol. The highest BCUT2D eigenvalue weighted by Gasteiger charge is 2.52. The minimum atomic E-state index is -4.32. The van der Waals surface area contributed by atoms with Gasteiger partial charge < -0.3 is 10.2 Å². The fraction of sp³-hybridized carbons (Fsp3) is 0.500. The van der Waals surface area contributed by atoms with Gasteiger partial charge in [-0.25, -0.2) is 0 Å². The van der Waals surface area contributed by atoms with Gasteiger partial charge in [-0.2, -0.15) is 13.2 Å². The molecule has 1 spiro atoms. The van der Waals surface area contributed by atoms with Crippen molar-refractivity contribution >= 4 is 32.9 Å². The lowest BCUT2D eigenvalue weighted by molar-refractivity contribution is -0.136. The van der Waals surface area contributed by atoms with Crippen LogP contribution in [0.15, 0.2) is 28.7 Å². The van der Waals surface area contributed by atoms with Gasteiger partial charge in [0.2, 0.25) is 0 Å². The lowest BCUT2D eigenvalue weighted by Gasteiger charge is -2.49. The first-order valence-electron chi connectivity index (χ1n) is 8.76. The van der Waals surface area contributed by atoms with Crippen molar-refractivity contribution in [2.24, 2.45) is 11.1 Å². The monoisotopic (exact) mass is 381 g/mol. The standard InChI is InChI=1S/C18H18F3N3OS/c19-18(20,21)14-9-26-15-7-12(1-2-13(14)15)22-16-8-17(25-23-16)10-24-5-3-11(17)4-6-24/h1-2,7,9,11H,3-6,8,10H2,(H,22,23)/t17-/m0/s1. The average molecular weight is 381 g/mol. The number of piperidine rings is 3. The summed E-state index contributed by atoms with van der Waals surface area (Å²) in [5.74, 6) is 1.29. The molecule has 3 saturated heterocycles. The van der Waals surface area contributed by atoms with Crippen LogP contribution in [0.5, 0.6) is 0 Å². The number of nitrogens with zero attached hydrogens (tertiary/aromatic N) is 2. The number of oxime groups is 1. The van der Waals surface area contributed by atoms with Crippen LogP contribution in [0.4, 0.5) is 18.9 Å². The Balaban J connectivity index is 1.34. The van der Waals surface area contributed by atoms with Gasteiger partial charge in [-0.1, -0.05) is 11.2 Å². The second-order valence-electron chi connectivity index (χ2n) is 7.40. The minimum absolute atomic E-state index is 0.227. The van der Waals surface area contributed by atoms with E-state index < -0.39 is 11.7 Å². The summed E-state index contributed by atoms with van der Waals surface area (Å²) in [6.45, 7) is 3.18. The molecule has 1 atom stereocenters. The molecule has 1 N–H and O–H groups in total. The zero-order valence-corrected chi connectivity index (χ0v) is 14.8. The van der Waals surface area contributed by atoms with Gasteiger partial charge in [0, 0.05) is 33.6 Å². The number of hydrogen-bond acceptors (Lipinski definition) is 5. The van der Waals surface area contributed by atoms with Gasteiger partial charge in [0.25, 0.3) is 0 Å². The Morgan fingerprint density at radius 2 is 2.08 bits per heavy atom. The molecule has 2 aromatic rings. The molecule has 1 aromatic carbocycles. The molecule has 138 valence electrons. The van der Waals surface area contributed by atoms with Gasteiger partial charge in [0.05, 0.1) is 12.0 Å². The van der Waals surface area contributed by atoms with Crippen LogP contribution in [0.1, 0.15) is 24.8 Å².